The number of carbonyl (C=O) groups excluding carboxylic acids is 1. The predicted molar refractivity (Wildman–Crippen MR) is 117 cm³/mol. The van der Waals surface area contributed by atoms with Crippen LogP contribution in [0.15, 0.2) is 36.5 Å². The summed E-state index contributed by atoms with van der Waals surface area (Å²) in [5.74, 6) is 1.16. The Morgan fingerprint density at radius 3 is 2.40 bits per heavy atom. The number of nitrogens with zero attached hydrogens (tertiary/aromatic N) is 6. The minimum atomic E-state index is -0.331. The highest BCUT2D eigenvalue weighted by Crippen LogP contribution is 2.36. The molecule has 0 radical (unpaired) electrons. The molecule has 2 aliphatic rings. The molecule has 2 aliphatic heterocycles. The van der Waals surface area contributed by atoms with Gasteiger partial charge in [-0.15, -0.1) is 5.10 Å². The van der Waals surface area contributed by atoms with Gasteiger partial charge in [0.2, 0.25) is 0 Å². The molecule has 0 spiro atoms. The molecule has 0 bridgehead atoms. The summed E-state index contributed by atoms with van der Waals surface area (Å²) in [6.45, 7) is 9.08. The van der Waals surface area contributed by atoms with Crippen LogP contribution in [0.1, 0.15) is 20.3 Å². The van der Waals surface area contributed by atoms with E-state index >= 15 is 0 Å². The number of aromatic nitrogens is 2. The molecular weight excluding hydrogens is 378 g/mol. The van der Waals surface area contributed by atoms with E-state index in [1.165, 1.54) is 5.69 Å². The number of carbonyl (C=O) groups is 1. The zero-order valence-corrected chi connectivity index (χ0v) is 17.7. The molecule has 30 heavy (non-hydrogen) atoms. The highest BCUT2D eigenvalue weighted by Gasteiger charge is 2.51. The quantitative estimate of drug-likeness (QED) is 0.619. The molecule has 0 aliphatic carbocycles. The number of benzene rings is 1. The van der Waals surface area contributed by atoms with Crippen LogP contribution in [0.4, 0.5) is 16.3 Å². The summed E-state index contributed by atoms with van der Waals surface area (Å²) in [6, 6.07) is 12.3. The number of rotatable bonds is 4. The number of hydrogen-bond acceptors (Lipinski definition) is 5. The molecule has 0 saturated carbocycles. The molecule has 2 amide bonds. The zero-order chi connectivity index (χ0) is 21.3. The van der Waals surface area contributed by atoms with Gasteiger partial charge in [0.05, 0.1) is 24.8 Å². The van der Waals surface area contributed by atoms with Gasteiger partial charge >= 0.3 is 6.03 Å². The Balaban J connectivity index is 1.51. The second kappa shape index (κ2) is 8.09. The maximum Gasteiger partial charge on any atom is 0.420 e. The summed E-state index contributed by atoms with van der Waals surface area (Å²) >= 11 is 0. The lowest BCUT2D eigenvalue weighted by molar-refractivity contribution is 0.203. The molecule has 3 heterocycles. The molecule has 3 atom stereocenters. The van der Waals surface area contributed by atoms with Gasteiger partial charge in [-0.3, -0.25) is 4.90 Å². The Labute approximate surface area is 177 Å². The summed E-state index contributed by atoms with van der Waals surface area (Å²) < 4.78 is 1.95. The lowest BCUT2D eigenvalue weighted by atomic mass is 10.1. The number of anilines is 1. The number of likely N-dealkylation sites (tertiary alicyclic amines) is 1. The monoisotopic (exact) mass is 408 g/mol. The van der Waals surface area contributed by atoms with Crippen LogP contribution < -0.4 is 15.1 Å². The number of piperazine rings is 1. The molecular formula is C22H30N7O+. The largest absolute Gasteiger partial charge is 0.420 e. The zero-order valence-electron chi connectivity index (χ0n) is 17.7. The summed E-state index contributed by atoms with van der Waals surface area (Å²) in [4.78, 5) is 16.9. The van der Waals surface area contributed by atoms with E-state index in [0.29, 0.717) is 19.0 Å². The minimum absolute atomic E-state index is 0.124. The van der Waals surface area contributed by atoms with E-state index in [0.717, 1.165) is 44.1 Å². The number of nitriles is 1. The van der Waals surface area contributed by atoms with Crippen molar-refractivity contribution in [3.05, 3.63) is 36.5 Å². The van der Waals surface area contributed by atoms with E-state index in [4.69, 9.17) is 16.1 Å². The van der Waals surface area contributed by atoms with Crippen molar-refractivity contribution >= 4 is 17.5 Å². The molecule has 2 unspecified atom stereocenters. The van der Waals surface area contributed by atoms with Gasteiger partial charge in [0.15, 0.2) is 0 Å². The molecule has 8 heteroatoms. The molecule has 2 aromatic rings. The van der Waals surface area contributed by atoms with Gasteiger partial charge in [-0.25, -0.2) is 9.48 Å². The fraction of sp³-hybridized carbons (Fsp3) is 0.500. The molecule has 2 N–H and O–H groups in total. The average molecular weight is 409 g/mol. The molecule has 8 nitrogen and oxygen atoms in total. The third-order valence-corrected chi connectivity index (χ3v) is 6.62. The van der Waals surface area contributed by atoms with Crippen molar-refractivity contribution in [1.82, 2.24) is 19.2 Å². The first-order valence-electron chi connectivity index (χ1n) is 10.6. The first-order valence-corrected chi connectivity index (χ1v) is 10.6. The van der Waals surface area contributed by atoms with Gasteiger partial charge in [-0.2, -0.15) is 9.74 Å². The highest BCUT2D eigenvalue weighted by molar-refractivity contribution is 5.85. The number of hydrogen-bond donors (Lipinski definition) is 1. The van der Waals surface area contributed by atoms with Crippen molar-refractivity contribution in [3.63, 3.8) is 0 Å². The van der Waals surface area contributed by atoms with Crippen LogP contribution in [0.5, 0.6) is 0 Å². The summed E-state index contributed by atoms with van der Waals surface area (Å²) in [7, 11) is 0. The van der Waals surface area contributed by atoms with Crippen molar-refractivity contribution in [3.8, 4) is 11.8 Å². The molecule has 2 fully saturated rings. The third-order valence-electron chi connectivity index (χ3n) is 6.62. The van der Waals surface area contributed by atoms with Gasteiger partial charge in [-0.05, 0) is 31.2 Å². The van der Waals surface area contributed by atoms with Crippen LogP contribution in [0, 0.1) is 17.2 Å². The highest BCUT2D eigenvalue weighted by atomic mass is 16.2. The van der Waals surface area contributed by atoms with Crippen LogP contribution in [0.25, 0.3) is 5.69 Å². The van der Waals surface area contributed by atoms with E-state index in [-0.39, 0.29) is 16.6 Å². The number of primary amides is 1. The molecule has 2 saturated heterocycles. The molecule has 1 aromatic carbocycles. The lowest BCUT2D eigenvalue weighted by Crippen LogP contribution is -2.59. The van der Waals surface area contributed by atoms with E-state index < -0.39 is 0 Å². The number of nitrogens with two attached hydrogens (primary N) is 1. The van der Waals surface area contributed by atoms with Gasteiger partial charge in [0.25, 0.3) is 5.82 Å². The van der Waals surface area contributed by atoms with Gasteiger partial charge < -0.3 is 10.6 Å². The number of amides is 2. The normalized spacial score (nSPS) is 27.2. The van der Waals surface area contributed by atoms with Crippen LogP contribution in [0.2, 0.25) is 0 Å². The van der Waals surface area contributed by atoms with Crippen LogP contribution >= 0.6 is 0 Å². The fourth-order valence-corrected chi connectivity index (χ4v) is 5.00. The smallest absolute Gasteiger partial charge is 0.369 e. The van der Waals surface area contributed by atoms with E-state index in [1.54, 1.807) is 0 Å². The summed E-state index contributed by atoms with van der Waals surface area (Å²) in [6.07, 6.45) is 2.87. The van der Waals surface area contributed by atoms with Crippen molar-refractivity contribution < 1.29 is 4.79 Å². The van der Waals surface area contributed by atoms with Crippen molar-refractivity contribution in [2.75, 3.05) is 44.2 Å². The van der Waals surface area contributed by atoms with E-state index in [2.05, 4.69) is 54.0 Å². The maximum absolute atomic E-state index is 12.4. The van der Waals surface area contributed by atoms with Gasteiger partial charge in [0, 0.05) is 56.5 Å². The van der Waals surface area contributed by atoms with Crippen molar-refractivity contribution in [2.24, 2.45) is 11.7 Å². The van der Waals surface area contributed by atoms with Crippen molar-refractivity contribution in [2.45, 2.75) is 26.3 Å². The fourth-order valence-electron chi connectivity index (χ4n) is 5.00. The first-order chi connectivity index (χ1) is 14.4. The molecule has 4 rings (SSSR count). The second-order valence-electron chi connectivity index (χ2n) is 8.64. The van der Waals surface area contributed by atoms with Crippen LogP contribution in [-0.2, 0) is 0 Å². The Hall–Kier alpha value is -2.89. The topological polar surface area (TPSA) is 91.2 Å². The lowest BCUT2D eigenvalue weighted by Gasteiger charge is -2.35. The molecule has 158 valence electrons. The Morgan fingerprint density at radius 2 is 1.83 bits per heavy atom. The Bertz CT molecular complexity index is 939. The summed E-state index contributed by atoms with van der Waals surface area (Å²) in [5, 5.41) is 13.6. The standard InChI is InChI=1S/C22H29N7O/c1-17-15-18(2)29(16-17,22(24)30)21-7-9-28(25-21)20-5-3-19(4-6-20)27-13-11-26(10-8-23)12-14-27/h3-7,9,17-18H,10-16H2,1-2H3,(H-,24,30)/p+1/t17-,18?,29?/m0/s1. The number of urea groups is 1. The predicted octanol–water partition coefficient (Wildman–Crippen LogP) is 2.33. The SMILES string of the molecule is CC1C[C@H](C)C[N+]1(C(N)=O)c1ccn(-c2ccc(N3CCN(CC#N)CC3)cc2)n1. The minimum Gasteiger partial charge on any atom is -0.369 e. The number of quaternary nitrogens is 1. The Morgan fingerprint density at radius 1 is 1.17 bits per heavy atom. The average Bonchev–Trinajstić information content (AvgIpc) is 3.34. The van der Waals surface area contributed by atoms with Gasteiger partial charge in [-0.1, -0.05) is 6.92 Å². The van der Waals surface area contributed by atoms with Gasteiger partial charge in [0.1, 0.15) is 6.04 Å². The molecule has 1 aromatic heterocycles. The third kappa shape index (κ3) is 3.55. The summed E-state index contributed by atoms with van der Waals surface area (Å²) in [5.41, 5.74) is 7.98. The Kier molecular flexibility index (Phi) is 5.50. The van der Waals surface area contributed by atoms with Crippen LogP contribution in [-0.4, -0.2) is 66.0 Å². The first kappa shape index (κ1) is 20.4. The van der Waals surface area contributed by atoms with Crippen molar-refractivity contribution in [1.29, 1.82) is 5.26 Å². The second-order valence-corrected chi connectivity index (χ2v) is 8.64. The maximum atomic E-state index is 12.4. The van der Waals surface area contributed by atoms with E-state index in [1.807, 2.05) is 16.9 Å². The van der Waals surface area contributed by atoms with Crippen LogP contribution in [0.3, 0.4) is 0 Å². The van der Waals surface area contributed by atoms with E-state index in [9.17, 15) is 4.79 Å².